The van der Waals surface area contributed by atoms with E-state index in [9.17, 15) is 4.79 Å². The van der Waals surface area contributed by atoms with Crippen molar-refractivity contribution in [1.82, 2.24) is 4.98 Å². The van der Waals surface area contributed by atoms with Crippen molar-refractivity contribution < 1.29 is 9.21 Å². The van der Waals surface area contributed by atoms with Gasteiger partial charge in [0.25, 0.3) is 0 Å². The van der Waals surface area contributed by atoms with E-state index in [0.29, 0.717) is 27.5 Å². The van der Waals surface area contributed by atoms with Gasteiger partial charge in [0.2, 0.25) is 11.8 Å². The molecular weight excluding hydrogens is 451 g/mol. The Morgan fingerprint density at radius 1 is 1.06 bits per heavy atom. The fourth-order valence-corrected chi connectivity index (χ4v) is 4.04. The molecule has 4 rings (SSSR count). The number of hydrogen-bond acceptors (Lipinski definition) is 4. The van der Waals surface area contributed by atoms with Crippen LogP contribution in [-0.2, 0) is 4.79 Å². The number of anilines is 1. The highest BCUT2D eigenvalue weighted by atomic mass is 35.5. The summed E-state index contributed by atoms with van der Waals surface area (Å²) >= 11 is 13.6. The molecule has 0 aliphatic heterocycles. The number of benzene rings is 3. The number of carbonyl (C=O) groups is 1. The number of thioether (sulfide) groups is 1. The van der Waals surface area contributed by atoms with Crippen molar-refractivity contribution in [2.24, 2.45) is 0 Å². The average molecular weight is 471 g/mol. The number of nitrogens with zero attached hydrogens (tertiary/aromatic N) is 1. The summed E-state index contributed by atoms with van der Waals surface area (Å²) in [5.41, 5.74) is 3.99. The van der Waals surface area contributed by atoms with E-state index < -0.39 is 0 Å². The van der Waals surface area contributed by atoms with Gasteiger partial charge >= 0.3 is 0 Å². The second-order valence-electron chi connectivity index (χ2n) is 7.39. The summed E-state index contributed by atoms with van der Waals surface area (Å²) in [6, 6.07) is 18.7. The van der Waals surface area contributed by atoms with E-state index in [2.05, 4.69) is 24.1 Å². The summed E-state index contributed by atoms with van der Waals surface area (Å²) < 4.78 is 5.92. The number of fused-ring (bicyclic) bond motifs is 1. The Hall–Kier alpha value is -2.47. The highest BCUT2D eigenvalue weighted by Crippen LogP contribution is 2.31. The molecule has 0 atom stereocenters. The van der Waals surface area contributed by atoms with E-state index in [1.165, 1.54) is 17.3 Å². The maximum absolute atomic E-state index is 12.4. The first-order chi connectivity index (χ1) is 14.9. The first kappa shape index (κ1) is 21.8. The molecule has 0 bridgehead atoms. The summed E-state index contributed by atoms with van der Waals surface area (Å²) in [5, 5.41) is 3.99. The van der Waals surface area contributed by atoms with Gasteiger partial charge in [-0.15, -0.1) is 11.8 Å². The summed E-state index contributed by atoms with van der Waals surface area (Å²) in [7, 11) is 0. The Balaban J connectivity index is 1.50. The van der Waals surface area contributed by atoms with E-state index in [4.69, 9.17) is 27.6 Å². The van der Waals surface area contributed by atoms with Gasteiger partial charge < -0.3 is 9.73 Å². The van der Waals surface area contributed by atoms with Crippen LogP contribution in [0.3, 0.4) is 0 Å². The van der Waals surface area contributed by atoms with E-state index in [-0.39, 0.29) is 11.7 Å². The largest absolute Gasteiger partial charge is 0.436 e. The van der Waals surface area contributed by atoms with Crippen molar-refractivity contribution in [3.8, 4) is 11.5 Å². The van der Waals surface area contributed by atoms with Gasteiger partial charge in [0.1, 0.15) is 5.52 Å². The predicted octanol–water partition coefficient (Wildman–Crippen LogP) is 7.66. The lowest BCUT2D eigenvalue weighted by Gasteiger charge is -2.08. The third kappa shape index (κ3) is 5.24. The van der Waals surface area contributed by atoms with Crippen LogP contribution in [0.5, 0.6) is 0 Å². The number of hydrogen-bond donors (Lipinski definition) is 1. The molecule has 0 aliphatic rings. The van der Waals surface area contributed by atoms with Gasteiger partial charge in [0, 0.05) is 15.5 Å². The molecule has 4 nitrogen and oxygen atoms in total. The van der Waals surface area contributed by atoms with Gasteiger partial charge in [-0.2, -0.15) is 0 Å². The molecule has 0 fully saturated rings. The summed E-state index contributed by atoms with van der Waals surface area (Å²) in [6.07, 6.45) is 0. The minimum absolute atomic E-state index is 0.154. The molecule has 1 N–H and O–H groups in total. The zero-order valence-electron chi connectivity index (χ0n) is 17.0. The van der Waals surface area contributed by atoms with E-state index in [1.807, 2.05) is 36.4 Å². The zero-order valence-corrected chi connectivity index (χ0v) is 19.3. The Bertz CT molecular complexity index is 1240. The second kappa shape index (κ2) is 9.35. The number of nitrogens with one attached hydrogen (secondary N) is 1. The molecule has 1 aromatic heterocycles. The smallest absolute Gasteiger partial charge is 0.234 e. The molecule has 0 radical (unpaired) electrons. The number of amides is 1. The fraction of sp³-hybridized carbons (Fsp3) is 0.167. The lowest BCUT2D eigenvalue weighted by atomic mass is 10.0. The van der Waals surface area contributed by atoms with Crippen molar-refractivity contribution in [1.29, 1.82) is 0 Å². The van der Waals surface area contributed by atoms with Crippen LogP contribution in [0, 0.1) is 0 Å². The molecule has 3 aromatic carbocycles. The second-order valence-corrected chi connectivity index (χ2v) is 9.28. The lowest BCUT2D eigenvalue weighted by molar-refractivity contribution is -0.113. The highest BCUT2D eigenvalue weighted by molar-refractivity contribution is 8.00. The monoisotopic (exact) mass is 470 g/mol. The zero-order chi connectivity index (χ0) is 22.0. The average Bonchev–Trinajstić information content (AvgIpc) is 3.18. The molecule has 1 heterocycles. The van der Waals surface area contributed by atoms with Gasteiger partial charge in [-0.25, -0.2) is 4.98 Å². The minimum atomic E-state index is -0.154. The van der Waals surface area contributed by atoms with Crippen molar-refractivity contribution in [2.75, 3.05) is 11.1 Å². The van der Waals surface area contributed by atoms with Crippen molar-refractivity contribution in [2.45, 2.75) is 24.7 Å². The van der Waals surface area contributed by atoms with Gasteiger partial charge in [-0.1, -0.05) is 43.1 Å². The Kier molecular flexibility index (Phi) is 6.56. The van der Waals surface area contributed by atoms with Crippen LogP contribution in [0.25, 0.3) is 22.6 Å². The SMILES string of the molecule is CC(C)c1ccc2oc(-c3ccc(Cl)c(NC(=O)CSc4ccc(Cl)cc4)c3)nc2c1. The first-order valence-corrected chi connectivity index (χ1v) is 11.5. The maximum atomic E-state index is 12.4. The highest BCUT2D eigenvalue weighted by Gasteiger charge is 2.13. The Labute approximate surface area is 195 Å². The third-order valence-electron chi connectivity index (χ3n) is 4.75. The van der Waals surface area contributed by atoms with Crippen LogP contribution in [0.15, 0.2) is 70.0 Å². The predicted molar refractivity (Wildman–Crippen MR) is 129 cm³/mol. The molecule has 1 amide bonds. The van der Waals surface area contributed by atoms with Gasteiger partial charge in [-0.3, -0.25) is 4.79 Å². The Morgan fingerprint density at radius 2 is 1.84 bits per heavy atom. The molecule has 0 spiro atoms. The Morgan fingerprint density at radius 3 is 2.58 bits per heavy atom. The van der Waals surface area contributed by atoms with Crippen molar-refractivity contribution in [3.05, 3.63) is 76.3 Å². The molecule has 0 aliphatic carbocycles. The quantitative estimate of drug-likeness (QED) is 0.294. The summed E-state index contributed by atoms with van der Waals surface area (Å²) in [6.45, 7) is 4.28. The number of rotatable bonds is 6. The van der Waals surface area contributed by atoms with Gasteiger partial charge in [-0.05, 0) is 66.1 Å². The molecule has 0 saturated carbocycles. The molecule has 7 heteroatoms. The number of halogens is 2. The van der Waals surface area contributed by atoms with Crippen molar-refractivity contribution >= 4 is 57.7 Å². The molecule has 4 aromatic rings. The van der Waals surface area contributed by atoms with E-state index in [1.54, 1.807) is 24.3 Å². The number of oxazole rings is 1. The van der Waals surface area contributed by atoms with Crippen LogP contribution in [0.2, 0.25) is 10.0 Å². The third-order valence-corrected chi connectivity index (χ3v) is 6.34. The van der Waals surface area contributed by atoms with E-state index in [0.717, 1.165) is 21.6 Å². The number of carbonyl (C=O) groups excluding carboxylic acids is 1. The molecular formula is C24H20Cl2N2O2S. The van der Waals surface area contributed by atoms with Crippen molar-refractivity contribution in [3.63, 3.8) is 0 Å². The molecule has 31 heavy (non-hydrogen) atoms. The first-order valence-electron chi connectivity index (χ1n) is 9.77. The summed E-state index contributed by atoms with van der Waals surface area (Å²) in [4.78, 5) is 18.0. The van der Waals surface area contributed by atoms with Crippen LogP contribution >= 0.6 is 35.0 Å². The molecule has 0 saturated heterocycles. The standard InChI is InChI=1S/C24H20Cl2N2O2S/c1-14(2)15-4-10-22-21(11-15)28-24(30-22)16-3-9-19(26)20(12-16)27-23(29)13-31-18-7-5-17(25)6-8-18/h3-12,14H,13H2,1-2H3,(H,27,29). The molecule has 158 valence electrons. The minimum Gasteiger partial charge on any atom is -0.436 e. The molecule has 0 unspecified atom stereocenters. The van der Waals surface area contributed by atoms with Crippen LogP contribution in [0.1, 0.15) is 25.3 Å². The summed E-state index contributed by atoms with van der Waals surface area (Å²) in [5.74, 6) is 0.993. The fourth-order valence-electron chi connectivity index (χ4n) is 3.05. The topological polar surface area (TPSA) is 55.1 Å². The normalized spacial score (nSPS) is 11.3. The van der Waals surface area contributed by atoms with Crippen LogP contribution in [-0.4, -0.2) is 16.6 Å². The van der Waals surface area contributed by atoms with Crippen LogP contribution in [0.4, 0.5) is 5.69 Å². The van der Waals surface area contributed by atoms with Crippen LogP contribution < -0.4 is 5.32 Å². The lowest BCUT2D eigenvalue weighted by Crippen LogP contribution is -2.14. The van der Waals surface area contributed by atoms with E-state index >= 15 is 0 Å². The van der Waals surface area contributed by atoms with Gasteiger partial charge in [0.05, 0.1) is 16.5 Å². The maximum Gasteiger partial charge on any atom is 0.234 e. The number of aromatic nitrogens is 1. The van der Waals surface area contributed by atoms with Gasteiger partial charge in [0.15, 0.2) is 5.58 Å².